The second-order valence-corrected chi connectivity index (χ2v) is 11.2. The third kappa shape index (κ3) is 5.37. The molecule has 2 amide bonds. The van der Waals surface area contributed by atoms with Crippen LogP contribution in [0.3, 0.4) is 0 Å². The van der Waals surface area contributed by atoms with Crippen LogP contribution in [0.25, 0.3) is 0 Å². The van der Waals surface area contributed by atoms with E-state index in [2.05, 4.69) is 20.2 Å². The van der Waals surface area contributed by atoms with E-state index in [1.165, 1.54) is 32.2 Å². The Morgan fingerprint density at radius 2 is 1.69 bits per heavy atom. The Bertz CT molecular complexity index is 876. The van der Waals surface area contributed by atoms with Gasteiger partial charge in [0.1, 0.15) is 0 Å². The highest BCUT2D eigenvalue weighted by Crippen LogP contribution is 2.48. The number of alkyl halides is 3. The molecule has 1 aromatic heterocycles. The van der Waals surface area contributed by atoms with E-state index in [4.69, 9.17) is 0 Å². The topological polar surface area (TPSA) is 64.6 Å². The molecule has 3 unspecified atom stereocenters. The Balaban J connectivity index is 1.10. The van der Waals surface area contributed by atoms with E-state index < -0.39 is 11.7 Å². The average molecular weight is 495 g/mol. The largest absolute Gasteiger partial charge is 0.419 e. The summed E-state index contributed by atoms with van der Waals surface area (Å²) in [4.78, 5) is 27.3. The molecule has 7 nitrogen and oxygen atoms in total. The number of piperidine rings is 1. The Labute approximate surface area is 205 Å². The van der Waals surface area contributed by atoms with Crippen molar-refractivity contribution >= 4 is 12.0 Å². The summed E-state index contributed by atoms with van der Waals surface area (Å²) in [7, 11) is 0. The van der Waals surface area contributed by atoms with Crippen molar-refractivity contribution in [3.8, 4) is 0 Å². The molecule has 2 aliphatic heterocycles. The highest BCUT2D eigenvalue weighted by molar-refractivity contribution is 5.75. The number of hydrogen-bond acceptors (Lipinski definition) is 5. The van der Waals surface area contributed by atoms with Gasteiger partial charge in [-0.25, -0.2) is 14.8 Å². The molecule has 1 N–H and O–H groups in total. The monoisotopic (exact) mass is 494 g/mol. The maximum Gasteiger partial charge on any atom is 0.419 e. The summed E-state index contributed by atoms with van der Waals surface area (Å²) in [5.41, 5.74) is -0.859. The van der Waals surface area contributed by atoms with Crippen LogP contribution >= 0.6 is 0 Å². The maximum absolute atomic E-state index is 13.2. The zero-order valence-electron chi connectivity index (χ0n) is 20.7. The number of urea groups is 1. The molecule has 2 aliphatic carbocycles. The number of halogens is 3. The van der Waals surface area contributed by atoms with Crippen molar-refractivity contribution in [2.45, 2.75) is 76.7 Å². The highest BCUT2D eigenvalue weighted by Gasteiger charge is 2.41. The van der Waals surface area contributed by atoms with E-state index in [1.54, 1.807) is 0 Å². The molecule has 35 heavy (non-hydrogen) atoms. The third-order valence-corrected chi connectivity index (χ3v) is 8.69. The van der Waals surface area contributed by atoms with Crippen LogP contribution in [0.2, 0.25) is 0 Å². The number of rotatable bonds is 4. The number of piperazine rings is 1. The number of carbonyl (C=O) groups excluding carboxylic acids is 1. The van der Waals surface area contributed by atoms with Gasteiger partial charge < -0.3 is 20.0 Å². The van der Waals surface area contributed by atoms with Crippen molar-refractivity contribution in [3.63, 3.8) is 0 Å². The van der Waals surface area contributed by atoms with Gasteiger partial charge >= 0.3 is 12.2 Å². The number of anilines is 1. The molecule has 194 valence electrons. The van der Waals surface area contributed by atoms with Crippen LogP contribution in [-0.2, 0) is 6.18 Å². The van der Waals surface area contributed by atoms with E-state index in [1.807, 2.05) is 23.6 Å². The van der Waals surface area contributed by atoms with E-state index >= 15 is 0 Å². The summed E-state index contributed by atoms with van der Waals surface area (Å²) in [6, 6.07) is -0.0796. The van der Waals surface area contributed by atoms with E-state index in [-0.39, 0.29) is 30.1 Å². The summed E-state index contributed by atoms with van der Waals surface area (Å²) in [6.45, 7) is 8.20. The summed E-state index contributed by atoms with van der Waals surface area (Å²) in [5, 5.41) is 3.25. The van der Waals surface area contributed by atoms with Crippen LogP contribution in [0.4, 0.5) is 23.9 Å². The van der Waals surface area contributed by atoms with Crippen molar-refractivity contribution in [3.05, 3.63) is 18.0 Å². The number of aromatic nitrogens is 2. The number of nitrogens with zero attached hydrogens (tertiary/aromatic N) is 5. The van der Waals surface area contributed by atoms with Gasteiger partial charge in [-0.05, 0) is 63.7 Å². The lowest BCUT2D eigenvalue weighted by atomic mass is 9.88. The zero-order valence-corrected chi connectivity index (χ0v) is 20.7. The Morgan fingerprint density at radius 3 is 2.23 bits per heavy atom. The van der Waals surface area contributed by atoms with Crippen molar-refractivity contribution in [1.29, 1.82) is 0 Å². The molecule has 1 aromatic rings. The molecule has 5 rings (SSSR count). The van der Waals surface area contributed by atoms with Crippen LogP contribution in [0, 0.1) is 17.8 Å². The molecule has 4 fully saturated rings. The van der Waals surface area contributed by atoms with E-state index in [0.717, 1.165) is 56.1 Å². The minimum Gasteiger partial charge on any atom is -0.337 e. The van der Waals surface area contributed by atoms with Crippen LogP contribution in [0.1, 0.15) is 57.9 Å². The molecule has 5 atom stereocenters. The van der Waals surface area contributed by atoms with Gasteiger partial charge in [-0.2, -0.15) is 13.2 Å². The first-order chi connectivity index (χ1) is 16.7. The first kappa shape index (κ1) is 24.6. The van der Waals surface area contributed by atoms with Gasteiger partial charge in [0.15, 0.2) is 0 Å². The predicted molar refractivity (Wildman–Crippen MR) is 127 cm³/mol. The number of hydrogen-bond donors (Lipinski definition) is 1. The standard InChI is InChI=1S/C25H37F3N6O/c1-16-13-33(23-29-11-21(12-30-23)25(26,27)28)14-17(2)34(16)24(35)31-22-5-7-32(8-6-22)15-20-10-18-3-4-19(20)9-18/h11-12,16-20,22H,3-10,13-15H2,1-2H3,(H,31,35)/t16-,17+,18?,19?,20?. The fraction of sp³-hybridized carbons (Fsp3) is 0.800. The lowest BCUT2D eigenvalue weighted by Crippen LogP contribution is -2.62. The second kappa shape index (κ2) is 9.75. The first-order valence-electron chi connectivity index (χ1n) is 13.1. The summed E-state index contributed by atoms with van der Waals surface area (Å²) in [5.74, 6) is 3.08. The van der Waals surface area contributed by atoms with Crippen LogP contribution in [0.5, 0.6) is 0 Å². The molecule has 3 heterocycles. The van der Waals surface area contributed by atoms with Crippen LogP contribution in [-0.4, -0.2) is 76.6 Å². The highest BCUT2D eigenvalue weighted by atomic mass is 19.4. The molecule has 4 aliphatic rings. The fourth-order valence-corrected chi connectivity index (χ4v) is 6.96. The summed E-state index contributed by atoms with van der Waals surface area (Å²) >= 11 is 0. The molecule has 0 radical (unpaired) electrons. The molecule has 2 saturated carbocycles. The summed E-state index contributed by atoms with van der Waals surface area (Å²) in [6.07, 6.45) is 4.88. The van der Waals surface area contributed by atoms with Crippen molar-refractivity contribution in [2.24, 2.45) is 17.8 Å². The number of carbonyl (C=O) groups is 1. The Hall–Kier alpha value is -2.10. The van der Waals surface area contributed by atoms with Gasteiger partial charge in [0.2, 0.25) is 5.95 Å². The first-order valence-corrected chi connectivity index (χ1v) is 13.1. The van der Waals surface area contributed by atoms with Gasteiger partial charge in [-0.3, -0.25) is 0 Å². The fourth-order valence-electron chi connectivity index (χ4n) is 6.96. The molecular weight excluding hydrogens is 457 g/mol. The van der Waals surface area contributed by atoms with Gasteiger partial charge in [-0.1, -0.05) is 6.42 Å². The number of fused-ring (bicyclic) bond motifs is 2. The van der Waals surface area contributed by atoms with Crippen molar-refractivity contribution in [1.82, 2.24) is 25.1 Å². The minimum absolute atomic E-state index is 0.0514. The molecule has 2 bridgehead atoms. The zero-order chi connectivity index (χ0) is 24.7. The SMILES string of the molecule is C[C@@H]1CN(c2ncc(C(F)(F)F)cn2)C[C@H](C)N1C(=O)NC1CCN(CC2CC3CCC2C3)CC1. The number of nitrogens with one attached hydrogen (secondary N) is 1. The van der Waals surface area contributed by atoms with Gasteiger partial charge in [0.25, 0.3) is 0 Å². The Morgan fingerprint density at radius 1 is 1.03 bits per heavy atom. The van der Waals surface area contributed by atoms with Gasteiger partial charge in [0.05, 0.1) is 5.56 Å². The molecule has 0 aromatic carbocycles. The number of amides is 2. The van der Waals surface area contributed by atoms with Gasteiger partial charge in [-0.15, -0.1) is 0 Å². The number of likely N-dealkylation sites (tertiary alicyclic amines) is 1. The quantitative estimate of drug-likeness (QED) is 0.686. The lowest BCUT2D eigenvalue weighted by molar-refractivity contribution is -0.138. The average Bonchev–Trinajstić information content (AvgIpc) is 3.43. The van der Waals surface area contributed by atoms with Gasteiger partial charge in [0, 0.05) is 63.2 Å². The van der Waals surface area contributed by atoms with Crippen LogP contribution < -0.4 is 10.2 Å². The van der Waals surface area contributed by atoms with Crippen molar-refractivity contribution in [2.75, 3.05) is 37.6 Å². The normalized spacial score (nSPS) is 32.3. The van der Waals surface area contributed by atoms with Crippen LogP contribution in [0.15, 0.2) is 12.4 Å². The van der Waals surface area contributed by atoms with E-state index in [0.29, 0.717) is 13.1 Å². The lowest BCUT2D eigenvalue weighted by Gasteiger charge is -2.45. The molecule has 2 saturated heterocycles. The van der Waals surface area contributed by atoms with Crippen molar-refractivity contribution < 1.29 is 18.0 Å². The molecule has 10 heteroatoms. The molecular formula is C25H37F3N6O. The Kier molecular flexibility index (Phi) is 6.85. The predicted octanol–water partition coefficient (Wildman–Crippen LogP) is 4.00. The maximum atomic E-state index is 13.2. The molecule has 0 spiro atoms. The third-order valence-electron chi connectivity index (χ3n) is 8.69. The minimum atomic E-state index is -4.46. The smallest absolute Gasteiger partial charge is 0.337 e. The van der Waals surface area contributed by atoms with E-state index in [9.17, 15) is 18.0 Å². The summed E-state index contributed by atoms with van der Waals surface area (Å²) < 4.78 is 38.4. The second-order valence-electron chi connectivity index (χ2n) is 11.2.